The van der Waals surface area contributed by atoms with Crippen LogP contribution in [0.4, 0.5) is 18.9 Å². The Labute approximate surface area is 183 Å². The summed E-state index contributed by atoms with van der Waals surface area (Å²) in [5.41, 5.74) is 1.60. The third kappa shape index (κ3) is 4.22. The van der Waals surface area contributed by atoms with Crippen molar-refractivity contribution in [1.82, 2.24) is 9.29 Å². The number of aryl methyl sites for hydroxylation is 1. The normalized spacial score (nSPS) is 16.1. The van der Waals surface area contributed by atoms with E-state index >= 15 is 0 Å². The zero-order valence-electron chi connectivity index (χ0n) is 16.5. The molecule has 0 amide bonds. The molecule has 164 valence electrons. The van der Waals surface area contributed by atoms with Crippen LogP contribution >= 0.6 is 11.6 Å². The van der Waals surface area contributed by atoms with Crippen LogP contribution in [0.15, 0.2) is 53.4 Å². The minimum absolute atomic E-state index is 0.130. The maximum Gasteiger partial charge on any atom is 0.416 e. The maximum atomic E-state index is 13.1. The number of sulfonamides is 1. The van der Waals surface area contributed by atoms with Gasteiger partial charge in [0.15, 0.2) is 0 Å². The van der Waals surface area contributed by atoms with Gasteiger partial charge in [0.2, 0.25) is 10.0 Å². The van der Waals surface area contributed by atoms with Crippen molar-refractivity contribution in [3.8, 4) is 0 Å². The fraction of sp³-hybridized carbons (Fsp3) is 0.286. The van der Waals surface area contributed by atoms with Crippen LogP contribution in [0.25, 0.3) is 10.9 Å². The number of anilines is 1. The molecule has 4 rings (SSSR count). The standard InChI is InChI=1S/C21H19ClF3N3O2S/c1-14-12-19(16-4-2-3-5-18(16)26-14)27-8-10-28(11-9-27)31(29,30)20-13-15(21(23,24)25)6-7-17(20)22/h2-7,12-13H,8-11H2,1H3. The number of hydrogen-bond donors (Lipinski definition) is 0. The second kappa shape index (κ2) is 7.96. The molecule has 0 bridgehead atoms. The highest BCUT2D eigenvalue weighted by Crippen LogP contribution is 2.35. The summed E-state index contributed by atoms with van der Waals surface area (Å²) in [5, 5.41) is 0.733. The summed E-state index contributed by atoms with van der Waals surface area (Å²) in [7, 11) is -4.17. The van der Waals surface area contributed by atoms with Crippen molar-refractivity contribution in [2.45, 2.75) is 18.0 Å². The number of alkyl halides is 3. The van der Waals surface area contributed by atoms with Crippen molar-refractivity contribution in [1.29, 1.82) is 0 Å². The molecule has 1 aliphatic rings. The van der Waals surface area contributed by atoms with Crippen LogP contribution in [0.2, 0.25) is 5.02 Å². The third-order valence-electron chi connectivity index (χ3n) is 5.28. The van der Waals surface area contributed by atoms with Crippen LogP contribution in [0.3, 0.4) is 0 Å². The third-order valence-corrected chi connectivity index (χ3v) is 7.66. The Morgan fingerprint density at radius 2 is 1.68 bits per heavy atom. The van der Waals surface area contributed by atoms with Gasteiger partial charge in [0.1, 0.15) is 4.90 Å². The van der Waals surface area contributed by atoms with Gasteiger partial charge < -0.3 is 4.90 Å². The Kier molecular flexibility index (Phi) is 5.61. The van der Waals surface area contributed by atoms with E-state index in [4.69, 9.17) is 11.6 Å². The summed E-state index contributed by atoms with van der Waals surface area (Å²) in [6.45, 7) is 2.94. The monoisotopic (exact) mass is 469 g/mol. The molecule has 1 fully saturated rings. The molecule has 1 aliphatic heterocycles. The molecule has 0 N–H and O–H groups in total. The predicted molar refractivity (Wildman–Crippen MR) is 114 cm³/mol. The van der Waals surface area contributed by atoms with Gasteiger partial charge in [-0.3, -0.25) is 4.98 Å². The van der Waals surface area contributed by atoms with E-state index in [1.165, 1.54) is 4.31 Å². The molecular weight excluding hydrogens is 451 g/mol. The molecular formula is C21H19ClF3N3O2S. The SMILES string of the molecule is Cc1cc(N2CCN(S(=O)(=O)c3cc(C(F)(F)F)ccc3Cl)CC2)c2ccccc2n1. The van der Waals surface area contributed by atoms with E-state index in [2.05, 4.69) is 9.88 Å². The van der Waals surface area contributed by atoms with E-state index < -0.39 is 26.7 Å². The van der Waals surface area contributed by atoms with E-state index in [9.17, 15) is 21.6 Å². The summed E-state index contributed by atoms with van der Waals surface area (Å²) < 4.78 is 66.5. The van der Waals surface area contributed by atoms with E-state index in [1.807, 2.05) is 37.3 Å². The van der Waals surface area contributed by atoms with Gasteiger partial charge >= 0.3 is 6.18 Å². The molecule has 0 radical (unpaired) electrons. The first-order chi connectivity index (χ1) is 14.6. The Hall–Kier alpha value is -2.36. The summed E-state index contributed by atoms with van der Waals surface area (Å²) in [4.78, 5) is 6.06. The first kappa shape index (κ1) is 21.9. The molecule has 10 heteroatoms. The summed E-state index contributed by atoms with van der Waals surface area (Å²) in [5.74, 6) is 0. The number of fused-ring (bicyclic) bond motifs is 1. The molecule has 0 atom stereocenters. The lowest BCUT2D eigenvalue weighted by atomic mass is 10.1. The number of hydrogen-bond acceptors (Lipinski definition) is 4. The number of para-hydroxylation sites is 1. The van der Waals surface area contributed by atoms with E-state index in [0.717, 1.165) is 34.4 Å². The van der Waals surface area contributed by atoms with Crippen molar-refractivity contribution in [3.63, 3.8) is 0 Å². The highest BCUT2D eigenvalue weighted by atomic mass is 35.5. The van der Waals surface area contributed by atoms with Crippen molar-refractivity contribution in [2.24, 2.45) is 0 Å². The topological polar surface area (TPSA) is 53.5 Å². The summed E-state index contributed by atoms with van der Waals surface area (Å²) >= 11 is 5.97. The first-order valence-corrected chi connectivity index (χ1v) is 11.4. The number of nitrogens with zero attached hydrogens (tertiary/aromatic N) is 3. The zero-order valence-corrected chi connectivity index (χ0v) is 18.1. The van der Waals surface area contributed by atoms with Gasteiger partial charge in [0, 0.05) is 42.9 Å². The van der Waals surface area contributed by atoms with E-state index in [1.54, 1.807) is 0 Å². The Morgan fingerprint density at radius 3 is 2.35 bits per heavy atom. The van der Waals surface area contributed by atoms with Crippen LogP contribution in [0.1, 0.15) is 11.3 Å². The van der Waals surface area contributed by atoms with Gasteiger partial charge in [0.25, 0.3) is 0 Å². The molecule has 5 nitrogen and oxygen atoms in total. The number of aromatic nitrogens is 1. The predicted octanol–water partition coefficient (Wildman–Crippen LogP) is 4.73. The molecule has 2 aromatic carbocycles. The molecule has 3 aromatic rings. The van der Waals surface area contributed by atoms with Crippen LogP contribution in [-0.4, -0.2) is 43.9 Å². The van der Waals surface area contributed by atoms with Crippen molar-refractivity contribution in [2.75, 3.05) is 31.1 Å². The average molecular weight is 470 g/mol. The molecule has 0 unspecified atom stereocenters. The lowest BCUT2D eigenvalue weighted by Crippen LogP contribution is -2.48. The van der Waals surface area contributed by atoms with Gasteiger partial charge in [-0.25, -0.2) is 8.42 Å². The Morgan fingerprint density at radius 1 is 1.00 bits per heavy atom. The Balaban J connectivity index is 1.60. The smallest absolute Gasteiger partial charge is 0.368 e. The molecule has 0 saturated carbocycles. The molecule has 0 spiro atoms. The number of benzene rings is 2. The van der Waals surface area contributed by atoms with Crippen LogP contribution in [-0.2, 0) is 16.2 Å². The van der Waals surface area contributed by atoms with Gasteiger partial charge in [-0.2, -0.15) is 17.5 Å². The second-order valence-corrected chi connectivity index (χ2v) is 9.65. The number of pyridine rings is 1. The minimum Gasteiger partial charge on any atom is -0.368 e. The number of rotatable bonds is 3. The van der Waals surface area contributed by atoms with Crippen LogP contribution in [0, 0.1) is 6.92 Å². The quantitative estimate of drug-likeness (QED) is 0.556. The molecule has 0 aliphatic carbocycles. The first-order valence-electron chi connectivity index (χ1n) is 9.55. The average Bonchev–Trinajstić information content (AvgIpc) is 2.72. The maximum absolute atomic E-state index is 13.1. The lowest BCUT2D eigenvalue weighted by molar-refractivity contribution is -0.137. The second-order valence-electron chi connectivity index (χ2n) is 7.33. The minimum atomic E-state index is -4.66. The Bertz CT molecular complexity index is 1240. The number of piperazine rings is 1. The van der Waals surface area contributed by atoms with E-state index in [0.29, 0.717) is 19.2 Å². The largest absolute Gasteiger partial charge is 0.416 e. The summed E-state index contributed by atoms with van der Waals surface area (Å²) in [6.07, 6.45) is -4.66. The van der Waals surface area contributed by atoms with Gasteiger partial charge in [0.05, 0.1) is 16.1 Å². The fourth-order valence-corrected chi connectivity index (χ4v) is 5.66. The van der Waals surface area contributed by atoms with Gasteiger partial charge in [-0.15, -0.1) is 0 Å². The number of halogens is 4. The van der Waals surface area contributed by atoms with Crippen molar-refractivity contribution < 1.29 is 21.6 Å². The van der Waals surface area contributed by atoms with Crippen molar-refractivity contribution in [3.05, 3.63) is 64.8 Å². The highest BCUT2D eigenvalue weighted by molar-refractivity contribution is 7.89. The molecule has 1 aromatic heterocycles. The van der Waals surface area contributed by atoms with Gasteiger partial charge in [-0.05, 0) is 37.3 Å². The highest BCUT2D eigenvalue weighted by Gasteiger charge is 2.35. The lowest BCUT2D eigenvalue weighted by Gasteiger charge is -2.36. The molecule has 1 saturated heterocycles. The van der Waals surface area contributed by atoms with Gasteiger partial charge in [-0.1, -0.05) is 29.8 Å². The van der Waals surface area contributed by atoms with Crippen LogP contribution < -0.4 is 4.90 Å². The summed E-state index contributed by atoms with van der Waals surface area (Å²) in [6, 6.07) is 12.0. The van der Waals surface area contributed by atoms with Crippen molar-refractivity contribution >= 4 is 38.2 Å². The van der Waals surface area contributed by atoms with Crippen LogP contribution in [0.5, 0.6) is 0 Å². The fourth-order valence-electron chi connectivity index (χ4n) is 3.73. The molecule has 2 heterocycles. The molecule has 31 heavy (non-hydrogen) atoms. The zero-order chi connectivity index (χ0) is 22.4. The van der Waals surface area contributed by atoms with E-state index in [-0.39, 0.29) is 18.1 Å².